The maximum Gasteiger partial charge on any atom is 0.239 e. The Balaban J connectivity index is 2.86. The third kappa shape index (κ3) is 4.24. The van der Waals surface area contributed by atoms with Gasteiger partial charge >= 0.3 is 0 Å². The summed E-state index contributed by atoms with van der Waals surface area (Å²) in [5.41, 5.74) is 0.856. The topological polar surface area (TPSA) is 71.3 Å². The van der Waals surface area contributed by atoms with Crippen LogP contribution in [-0.2, 0) is 9.53 Å². The molecule has 18 heavy (non-hydrogen) atoms. The molecule has 1 N–H and O–H groups in total. The molecule has 5 nitrogen and oxygen atoms in total. The van der Waals surface area contributed by atoms with Gasteiger partial charge in [-0.3, -0.25) is 4.79 Å². The fourth-order valence-corrected chi connectivity index (χ4v) is 1.31. The number of halogens is 1. The Morgan fingerprint density at radius 2 is 2.28 bits per heavy atom. The zero-order valence-electron chi connectivity index (χ0n) is 9.90. The largest absolute Gasteiger partial charge is 0.489 e. The molecule has 0 radical (unpaired) electrons. The predicted molar refractivity (Wildman–Crippen MR) is 67.9 cm³/mol. The minimum absolute atomic E-state index is 0.158. The van der Waals surface area contributed by atoms with Gasteiger partial charge in [0.1, 0.15) is 18.2 Å². The number of anilines is 1. The Morgan fingerprint density at radius 3 is 2.89 bits per heavy atom. The van der Waals surface area contributed by atoms with Crippen molar-refractivity contribution in [1.29, 1.82) is 5.26 Å². The number of nitriles is 1. The number of methoxy groups -OCH3 is 1. The van der Waals surface area contributed by atoms with Crippen LogP contribution < -0.4 is 10.1 Å². The Kier molecular flexibility index (Phi) is 5.98. The monoisotopic (exact) mass is 268 g/mol. The minimum atomic E-state index is -0.358. The van der Waals surface area contributed by atoms with Crippen molar-refractivity contribution >= 4 is 23.2 Å². The molecule has 0 aliphatic carbocycles. The SMILES string of the molecule is COCCOc1ccc(C#N)cc1NC(=O)CCl. The number of ether oxygens (including phenoxy) is 2. The van der Waals surface area contributed by atoms with Gasteiger partial charge < -0.3 is 14.8 Å². The van der Waals surface area contributed by atoms with Crippen molar-refractivity contribution in [2.75, 3.05) is 31.5 Å². The Bertz CT molecular complexity index is 457. The normalized spacial score (nSPS) is 9.61. The van der Waals surface area contributed by atoms with E-state index in [2.05, 4.69) is 5.32 Å². The highest BCUT2D eigenvalue weighted by Gasteiger charge is 2.08. The van der Waals surface area contributed by atoms with E-state index in [1.807, 2.05) is 6.07 Å². The van der Waals surface area contributed by atoms with Gasteiger partial charge in [-0.15, -0.1) is 11.6 Å². The van der Waals surface area contributed by atoms with Gasteiger partial charge in [-0.05, 0) is 18.2 Å². The molecule has 1 rings (SSSR count). The molecule has 0 saturated carbocycles. The van der Waals surface area contributed by atoms with Crippen molar-refractivity contribution in [3.63, 3.8) is 0 Å². The molecule has 0 aliphatic heterocycles. The number of nitrogens with zero attached hydrogens (tertiary/aromatic N) is 1. The van der Waals surface area contributed by atoms with E-state index >= 15 is 0 Å². The lowest BCUT2D eigenvalue weighted by Gasteiger charge is -2.12. The smallest absolute Gasteiger partial charge is 0.239 e. The maximum atomic E-state index is 11.3. The molecule has 0 unspecified atom stereocenters. The molecule has 1 aromatic carbocycles. The first-order valence-electron chi connectivity index (χ1n) is 5.23. The van der Waals surface area contributed by atoms with Gasteiger partial charge in [0.05, 0.1) is 23.9 Å². The molecule has 0 heterocycles. The van der Waals surface area contributed by atoms with E-state index in [0.717, 1.165) is 0 Å². The highest BCUT2D eigenvalue weighted by atomic mass is 35.5. The number of carbonyl (C=O) groups is 1. The third-order valence-electron chi connectivity index (χ3n) is 2.05. The molecule has 0 aromatic heterocycles. The van der Waals surface area contributed by atoms with E-state index in [4.69, 9.17) is 26.3 Å². The van der Waals surface area contributed by atoms with Crippen LogP contribution in [0.15, 0.2) is 18.2 Å². The first-order chi connectivity index (χ1) is 8.71. The number of benzene rings is 1. The van der Waals surface area contributed by atoms with Crippen LogP contribution in [0.2, 0.25) is 0 Å². The number of carbonyl (C=O) groups excluding carboxylic acids is 1. The van der Waals surface area contributed by atoms with Crippen LogP contribution in [0.5, 0.6) is 5.75 Å². The number of rotatable bonds is 6. The van der Waals surface area contributed by atoms with Crippen LogP contribution in [0, 0.1) is 11.3 Å². The van der Waals surface area contributed by atoms with Crippen LogP contribution in [0.4, 0.5) is 5.69 Å². The number of amides is 1. The van der Waals surface area contributed by atoms with Crippen LogP contribution >= 0.6 is 11.6 Å². The molecule has 0 bridgehead atoms. The average molecular weight is 269 g/mol. The van der Waals surface area contributed by atoms with E-state index < -0.39 is 0 Å². The minimum Gasteiger partial charge on any atom is -0.489 e. The first kappa shape index (κ1) is 14.3. The highest BCUT2D eigenvalue weighted by Crippen LogP contribution is 2.25. The fraction of sp³-hybridized carbons (Fsp3) is 0.333. The van der Waals surface area contributed by atoms with Crippen molar-refractivity contribution in [3.05, 3.63) is 23.8 Å². The van der Waals surface area contributed by atoms with E-state index in [-0.39, 0.29) is 11.8 Å². The van der Waals surface area contributed by atoms with Gasteiger partial charge in [0, 0.05) is 7.11 Å². The lowest BCUT2D eigenvalue weighted by molar-refractivity contribution is -0.113. The zero-order chi connectivity index (χ0) is 13.4. The van der Waals surface area contributed by atoms with E-state index in [9.17, 15) is 4.79 Å². The molecule has 96 valence electrons. The standard InChI is InChI=1S/C12H13ClN2O3/c1-17-4-5-18-11-3-2-9(8-14)6-10(11)15-12(16)7-13/h2-3,6H,4-5,7H2,1H3,(H,15,16). The van der Waals surface area contributed by atoms with Crippen LogP contribution in [0.25, 0.3) is 0 Å². The number of hydrogen-bond donors (Lipinski definition) is 1. The molecule has 0 spiro atoms. The Labute approximate surface area is 110 Å². The quantitative estimate of drug-likeness (QED) is 0.630. The number of hydrogen-bond acceptors (Lipinski definition) is 4. The summed E-state index contributed by atoms with van der Waals surface area (Å²) in [5, 5.41) is 11.4. The maximum absolute atomic E-state index is 11.3. The summed E-state index contributed by atoms with van der Waals surface area (Å²) in [6, 6.07) is 6.76. The summed E-state index contributed by atoms with van der Waals surface area (Å²) in [4.78, 5) is 11.3. The predicted octanol–water partition coefficient (Wildman–Crippen LogP) is 1.76. The zero-order valence-corrected chi connectivity index (χ0v) is 10.7. The lowest BCUT2D eigenvalue weighted by Crippen LogP contribution is -2.14. The van der Waals surface area contributed by atoms with Crippen molar-refractivity contribution in [2.45, 2.75) is 0 Å². The van der Waals surface area contributed by atoms with Gasteiger partial charge in [0.25, 0.3) is 0 Å². The van der Waals surface area contributed by atoms with Crippen LogP contribution in [0.1, 0.15) is 5.56 Å². The molecule has 0 atom stereocenters. The Hall–Kier alpha value is -1.77. The second-order valence-electron chi connectivity index (χ2n) is 3.35. The summed E-state index contributed by atoms with van der Waals surface area (Å²) < 4.78 is 10.3. The lowest BCUT2D eigenvalue weighted by atomic mass is 10.2. The summed E-state index contributed by atoms with van der Waals surface area (Å²) in [6.45, 7) is 0.787. The van der Waals surface area contributed by atoms with Crippen molar-refractivity contribution in [2.24, 2.45) is 0 Å². The van der Waals surface area contributed by atoms with Gasteiger partial charge in [-0.2, -0.15) is 5.26 Å². The molecule has 1 aromatic rings. The summed E-state index contributed by atoms with van der Waals surface area (Å²) in [5.74, 6) is -0.0400. The summed E-state index contributed by atoms with van der Waals surface area (Å²) in [6.07, 6.45) is 0. The van der Waals surface area contributed by atoms with Gasteiger partial charge in [0.2, 0.25) is 5.91 Å². The van der Waals surface area contributed by atoms with E-state index in [1.54, 1.807) is 19.2 Å². The molecule has 0 aliphatic rings. The van der Waals surface area contributed by atoms with Gasteiger partial charge in [-0.25, -0.2) is 0 Å². The molecular formula is C12H13ClN2O3. The van der Waals surface area contributed by atoms with E-state index in [1.165, 1.54) is 6.07 Å². The second-order valence-corrected chi connectivity index (χ2v) is 3.61. The number of nitrogens with one attached hydrogen (secondary N) is 1. The van der Waals surface area contributed by atoms with Crippen molar-refractivity contribution < 1.29 is 14.3 Å². The number of alkyl halides is 1. The molecular weight excluding hydrogens is 256 g/mol. The van der Waals surface area contributed by atoms with Crippen molar-refractivity contribution in [3.8, 4) is 11.8 Å². The third-order valence-corrected chi connectivity index (χ3v) is 2.29. The summed E-state index contributed by atoms with van der Waals surface area (Å²) in [7, 11) is 1.57. The Morgan fingerprint density at radius 1 is 1.50 bits per heavy atom. The average Bonchev–Trinajstić information content (AvgIpc) is 2.40. The van der Waals surface area contributed by atoms with Crippen molar-refractivity contribution in [1.82, 2.24) is 0 Å². The summed E-state index contributed by atoms with van der Waals surface area (Å²) >= 11 is 5.42. The molecule has 6 heteroatoms. The molecule has 0 saturated heterocycles. The first-order valence-corrected chi connectivity index (χ1v) is 5.76. The van der Waals surface area contributed by atoms with Crippen LogP contribution in [0.3, 0.4) is 0 Å². The highest BCUT2D eigenvalue weighted by molar-refractivity contribution is 6.29. The molecule has 1 amide bonds. The fourth-order valence-electron chi connectivity index (χ4n) is 1.24. The molecule has 0 fully saturated rings. The second kappa shape index (κ2) is 7.54. The van der Waals surface area contributed by atoms with Gasteiger partial charge in [-0.1, -0.05) is 0 Å². The van der Waals surface area contributed by atoms with Gasteiger partial charge in [0.15, 0.2) is 0 Å². The van der Waals surface area contributed by atoms with Crippen LogP contribution in [-0.4, -0.2) is 32.1 Å². The van der Waals surface area contributed by atoms with E-state index in [0.29, 0.717) is 30.2 Å².